The topological polar surface area (TPSA) is 93.6 Å². The van der Waals surface area contributed by atoms with Crippen LogP contribution in [0.3, 0.4) is 0 Å². The maximum absolute atomic E-state index is 12.1. The summed E-state index contributed by atoms with van der Waals surface area (Å²) < 4.78 is 0. The second kappa shape index (κ2) is 21.9. The minimum absolute atomic E-state index is 0. The molecule has 0 N–H and O–H groups in total. The zero-order valence-electron chi connectivity index (χ0n) is 26.4. The van der Waals surface area contributed by atoms with E-state index in [-0.39, 0.29) is 119 Å². The molecule has 2 heterocycles. The molecule has 3 aromatic carbocycles. The Morgan fingerprint density at radius 1 is 0.604 bits per heavy atom. The molecule has 0 unspecified atom stereocenters. The van der Waals surface area contributed by atoms with Gasteiger partial charge in [-0.1, -0.05) is 12.1 Å². The number of non-ortho nitro benzene ring substituents is 1. The number of benzene rings is 3. The predicted octanol–water partition coefficient (Wildman–Crippen LogP) is -3.23. The number of aromatic nitrogens is 2. The Hall–Kier alpha value is -2.06. The maximum atomic E-state index is 12.1. The van der Waals surface area contributed by atoms with Crippen molar-refractivity contribution in [3.8, 4) is 22.3 Å². The van der Waals surface area contributed by atoms with Gasteiger partial charge in [-0.2, -0.15) is 0 Å². The van der Waals surface area contributed by atoms with Gasteiger partial charge in [0.1, 0.15) is 0 Å². The number of aryl methyl sites for hydroxylation is 4. The van der Waals surface area contributed by atoms with Crippen LogP contribution in [0.2, 0.25) is 0 Å². The van der Waals surface area contributed by atoms with Gasteiger partial charge in [-0.15, -0.1) is 0 Å². The van der Waals surface area contributed by atoms with Crippen molar-refractivity contribution < 1.29 is 114 Å². The second-order valence-corrected chi connectivity index (χ2v) is 10.4. The molecule has 0 aliphatic heterocycles. The number of pyridine rings is 2. The van der Waals surface area contributed by atoms with Crippen LogP contribution in [0.1, 0.15) is 39.2 Å². The van der Waals surface area contributed by atoms with Crippen molar-refractivity contribution in [3.63, 3.8) is 0 Å². The van der Waals surface area contributed by atoms with E-state index in [1.807, 2.05) is 95.3 Å². The van der Waals surface area contributed by atoms with Gasteiger partial charge in [0, 0.05) is 65.4 Å². The van der Waals surface area contributed by atoms with Crippen molar-refractivity contribution in [2.45, 2.75) is 34.6 Å². The summed E-state index contributed by atoms with van der Waals surface area (Å²) in [6.07, 6.45) is 6.97. The molecule has 0 bridgehead atoms. The summed E-state index contributed by atoms with van der Waals surface area (Å²) in [5, 5.41) is 12.1. The third kappa shape index (κ3) is 11.5. The molecular formula is C35H31Br4N5O2Pd2-4. The van der Waals surface area contributed by atoms with Gasteiger partial charge in [0.15, 0.2) is 0 Å². The molecule has 13 heteroatoms. The van der Waals surface area contributed by atoms with Gasteiger partial charge >= 0.3 is 0 Å². The van der Waals surface area contributed by atoms with Crippen LogP contribution >= 0.6 is 0 Å². The molecule has 0 atom stereocenters. The van der Waals surface area contributed by atoms with Crippen molar-refractivity contribution in [3.05, 3.63) is 135 Å². The standard InChI is InChI=1S/C35H31N5O2.4BrH.2Pd/c1-22-14-27(15-23(2)34(22)38-20-29-10-6-8-12-36-29)32-18-31(40(41)42)19-33(26(32)5)28-16-24(3)35(25(4)17-28)39-21-30-11-7-9-13-37-30;;;;;;/h6-21H,1-5H3;4*1H;;/p-4. The van der Waals surface area contributed by atoms with E-state index in [9.17, 15) is 10.1 Å². The van der Waals surface area contributed by atoms with Gasteiger partial charge in [0.25, 0.3) is 5.69 Å². The van der Waals surface area contributed by atoms with Crippen LogP contribution in [-0.4, -0.2) is 27.3 Å². The summed E-state index contributed by atoms with van der Waals surface area (Å²) in [5.41, 5.74) is 11.7. The largest absolute Gasteiger partial charge is 1.00 e. The quantitative estimate of drug-likeness (QED) is 0.0744. The average molecular weight is 1090 g/mol. The van der Waals surface area contributed by atoms with Gasteiger partial charge in [-0.3, -0.25) is 30.1 Å². The fourth-order valence-corrected chi connectivity index (χ4v) is 5.20. The fourth-order valence-electron chi connectivity index (χ4n) is 5.20. The van der Waals surface area contributed by atoms with E-state index in [1.165, 1.54) is 0 Å². The molecule has 0 radical (unpaired) electrons. The first-order valence-electron chi connectivity index (χ1n) is 13.6. The molecule has 0 aliphatic carbocycles. The molecule has 2 aromatic heterocycles. The molecule has 0 amide bonds. The number of nitro groups is 1. The summed E-state index contributed by atoms with van der Waals surface area (Å²) >= 11 is 0. The van der Waals surface area contributed by atoms with E-state index in [4.69, 9.17) is 9.98 Å². The first-order valence-corrected chi connectivity index (χ1v) is 13.6. The molecule has 260 valence electrons. The Kier molecular flexibility index (Phi) is 21.9. The van der Waals surface area contributed by atoms with E-state index in [1.54, 1.807) is 37.0 Å². The first kappa shape index (κ1) is 48.1. The van der Waals surface area contributed by atoms with Gasteiger partial charge in [-0.05, 0) is 133 Å². The monoisotopic (exact) mass is 1080 g/mol. The van der Waals surface area contributed by atoms with Crippen molar-refractivity contribution >= 4 is 29.5 Å². The number of hydrogen-bond donors (Lipinski definition) is 0. The van der Waals surface area contributed by atoms with Crippen molar-refractivity contribution in [2.75, 3.05) is 0 Å². The summed E-state index contributed by atoms with van der Waals surface area (Å²) in [6.45, 7) is 10.0. The van der Waals surface area contributed by atoms with Crippen LogP contribution < -0.4 is 67.9 Å². The molecule has 48 heavy (non-hydrogen) atoms. The SMILES string of the molecule is Cc1cc(-c2cc([N+](=O)[O-])cc(-c3cc(C)c(N=Cc4ccccn4)c(C)c3)c2C)cc(C)c1N=Cc1ccccn1.[Br-].[Br-].[Br-].[Br-].[Pd].[Pd]. The van der Waals surface area contributed by atoms with E-state index >= 15 is 0 Å². The number of nitrogens with zero attached hydrogens (tertiary/aromatic N) is 5. The summed E-state index contributed by atoms with van der Waals surface area (Å²) in [6, 6.07) is 22.9. The zero-order chi connectivity index (χ0) is 29.8. The Morgan fingerprint density at radius 2 is 0.958 bits per heavy atom. The van der Waals surface area contributed by atoms with E-state index in [0.29, 0.717) is 0 Å². The number of nitro benzene ring substituents is 1. The van der Waals surface area contributed by atoms with Crippen LogP contribution in [0.5, 0.6) is 0 Å². The Labute approximate surface area is 351 Å². The Morgan fingerprint density at radius 3 is 1.25 bits per heavy atom. The maximum Gasteiger partial charge on any atom is 0.270 e. The third-order valence-corrected chi connectivity index (χ3v) is 7.23. The van der Waals surface area contributed by atoms with E-state index in [2.05, 4.69) is 9.97 Å². The number of halogens is 4. The predicted molar refractivity (Wildman–Crippen MR) is 171 cm³/mol. The minimum atomic E-state index is -0.330. The van der Waals surface area contributed by atoms with Gasteiger partial charge in [0.2, 0.25) is 0 Å². The number of rotatable bonds is 7. The summed E-state index contributed by atoms with van der Waals surface area (Å²) in [7, 11) is 0. The van der Waals surface area contributed by atoms with Crippen molar-refractivity contribution in [1.82, 2.24) is 9.97 Å². The smallest absolute Gasteiger partial charge is 0.270 e. The van der Waals surface area contributed by atoms with Gasteiger partial charge < -0.3 is 67.9 Å². The zero-order valence-corrected chi connectivity index (χ0v) is 35.9. The van der Waals surface area contributed by atoms with E-state index in [0.717, 1.165) is 72.8 Å². The first-order chi connectivity index (χ1) is 20.2. The van der Waals surface area contributed by atoms with Crippen LogP contribution in [0.4, 0.5) is 17.1 Å². The molecule has 0 fully saturated rings. The molecule has 0 spiro atoms. The van der Waals surface area contributed by atoms with Crippen LogP contribution in [-0.2, 0) is 40.8 Å². The van der Waals surface area contributed by atoms with E-state index < -0.39 is 0 Å². The molecule has 0 saturated heterocycles. The minimum Gasteiger partial charge on any atom is -1.00 e. The van der Waals surface area contributed by atoms with Crippen molar-refractivity contribution in [1.29, 1.82) is 0 Å². The fraction of sp³-hybridized carbons (Fsp3) is 0.143. The molecule has 5 aromatic rings. The summed E-state index contributed by atoms with van der Waals surface area (Å²) in [5.74, 6) is 0. The van der Waals surface area contributed by atoms with Crippen LogP contribution in [0, 0.1) is 44.7 Å². The molecule has 0 saturated carbocycles. The average Bonchev–Trinajstić information content (AvgIpc) is 2.97. The molecule has 7 nitrogen and oxygen atoms in total. The number of hydrogen-bond acceptors (Lipinski definition) is 6. The summed E-state index contributed by atoms with van der Waals surface area (Å²) in [4.78, 5) is 29.7. The van der Waals surface area contributed by atoms with Crippen LogP contribution in [0.25, 0.3) is 22.3 Å². The third-order valence-electron chi connectivity index (χ3n) is 7.23. The van der Waals surface area contributed by atoms with Crippen molar-refractivity contribution in [2.24, 2.45) is 9.98 Å². The molecule has 5 rings (SSSR count). The Bertz CT molecular complexity index is 1700. The normalized spacial score (nSPS) is 10.0. The van der Waals surface area contributed by atoms with Gasteiger partial charge in [0.05, 0.1) is 40.1 Å². The molecular weight excluding hydrogens is 1050 g/mol. The number of aliphatic imine (C=N–C) groups is 2. The molecule has 0 aliphatic rings. The van der Waals surface area contributed by atoms with Gasteiger partial charge in [-0.25, -0.2) is 0 Å². The van der Waals surface area contributed by atoms with Crippen LogP contribution in [0.15, 0.2) is 95.2 Å². The second-order valence-electron chi connectivity index (χ2n) is 10.4. The Balaban J connectivity index is 0.